The molecule has 17 heavy (non-hydrogen) atoms. The molecule has 0 radical (unpaired) electrons. The molecule has 0 aromatic rings. The van der Waals surface area contributed by atoms with Crippen LogP contribution in [0.25, 0.3) is 0 Å². The highest BCUT2D eigenvalue weighted by Gasteiger charge is 2.30. The number of hydrogen-bond acceptors (Lipinski definition) is 3. The molecule has 1 amide bonds. The van der Waals surface area contributed by atoms with Crippen LogP contribution in [0.1, 0.15) is 39.5 Å². The van der Waals surface area contributed by atoms with E-state index >= 15 is 0 Å². The van der Waals surface area contributed by atoms with Gasteiger partial charge in [0.25, 0.3) is 0 Å². The summed E-state index contributed by atoms with van der Waals surface area (Å²) in [6.45, 7) is 4.23. The minimum atomic E-state index is -0.806. The standard InChI is InChI=1S/C12H22N2O3/c1-3-14(8-12(16)17)11-7-5-4-6-10(11)13-9(2)15/h10-11H,3-8H2,1-2H3,(H,13,15)(H,16,17)/t10-,11-/m0/s1. The van der Waals surface area contributed by atoms with Crippen molar-refractivity contribution in [3.63, 3.8) is 0 Å². The molecule has 0 unspecified atom stereocenters. The fraction of sp³-hybridized carbons (Fsp3) is 0.833. The number of rotatable bonds is 5. The molecule has 2 atom stereocenters. The summed E-state index contributed by atoms with van der Waals surface area (Å²) < 4.78 is 0. The van der Waals surface area contributed by atoms with E-state index in [0.29, 0.717) is 6.54 Å². The molecule has 0 aromatic carbocycles. The van der Waals surface area contributed by atoms with E-state index in [9.17, 15) is 9.59 Å². The lowest BCUT2D eigenvalue weighted by atomic mass is 9.89. The topological polar surface area (TPSA) is 69.6 Å². The quantitative estimate of drug-likeness (QED) is 0.749. The number of nitrogens with one attached hydrogen (secondary N) is 1. The number of hydrogen-bond donors (Lipinski definition) is 2. The Morgan fingerprint density at radius 2 is 2.00 bits per heavy atom. The first-order valence-corrected chi connectivity index (χ1v) is 6.27. The second-order valence-corrected chi connectivity index (χ2v) is 4.62. The Morgan fingerprint density at radius 1 is 1.35 bits per heavy atom. The van der Waals surface area contributed by atoms with E-state index in [0.717, 1.165) is 25.7 Å². The number of carbonyl (C=O) groups excluding carboxylic acids is 1. The molecule has 98 valence electrons. The third-order valence-electron chi connectivity index (χ3n) is 3.33. The van der Waals surface area contributed by atoms with E-state index in [1.807, 2.05) is 11.8 Å². The molecule has 0 aliphatic heterocycles. The molecular formula is C12H22N2O3. The minimum absolute atomic E-state index is 0.0340. The zero-order valence-electron chi connectivity index (χ0n) is 10.6. The Labute approximate surface area is 102 Å². The van der Waals surface area contributed by atoms with Gasteiger partial charge in [-0.05, 0) is 19.4 Å². The van der Waals surface area contributed by atoms with E-state index in [2.05, 4.69) is 5.32 Å². The first-order valence-electron chi connectivity index (χ1n) is 6.27. The van der Waals surface area contributed by atoms with Gasteiger partial charge in [0.1, 0.15) is 0 Å². The number of carboxylic acids is 1. The molecule has 5 nitrogen and oxygen atoms in total. The maximum absolute atomic E-state index is 11.1. The number of amides is 1. The molecule has 0 spiro atoms. The van der Waals surface area contributed by atoms with Crippen LogP contribution in [0.5, 0.6) is 0 Å². The number of likely N-dealkylation sites (N-methyl/N-ethyl adjacent to an activating group) is 1. The minimum Gasteiger partial charge on any atom is -0.480 e. The highest BCUT2D eigenvalue weighted by molar-refractivity contribution is 5.73. The molecule has 1 fully saturated rings. The van der Waals surface area contributed by atoms with Crippen molar-refractivity contribution in [3.05, 3.63) is 0 Å². The van der Waals surface area contributed by atoms with Crippen molar-refractivity contribution in [1.29, 1.82) is 0 Å². The third-order valence-corrected chi connectivity index (χ3v) is 3.33. The molecule has 0 heterocycles. The van der Waals surface area contributed by atoms with Gasteiger partial charge in [-0.15, -0.1) is 0 Å². The molecule has 0 saturated heterocycles. The zero-order valence-corrected chi connectivity index (χ0v) is 10.6. The van der Waals surface area contributed by atoms with Gasteiger partial charge in [0.05, 0.1) is 6.54 Å². The van der Waals surface area contributed by atoms with Gasteiger partial charge in [-0.3, -0.25) is 14.5 Å². The van der Waals surface area contributed by atoms with Crippen LogP contribution in [0.4, 0.5) is 0 Å². The first-order chi connectivity index (χ1) is 8.04. The fourth-order valence-corrected chi connectivity index (χ4v) is 2.62. The van der Waals surface area contributed by atoms with Gasteiger partial charge < -0.3 is 10.4 Å². The second kappa shape index (κ2) is 6.59. The average molecular weight is 242 g/mol. The summed E-state index contributed by atoms with van der Waals surface area (Å²) in [5, 5.41) is 11.8. The zero-order chi connectivity index (χ0) is 12.8. The number of nitrogens with zero attached hydrogens (tertiary/aromatic N) is 1. The Kier molecular flexibility index (Phi) is 5.41. The van der Waals surface area contributed by atoms with Crippen LogP contribution in [0.15, 0.2) is 0 Å². The monoisotopic (exact) mass is 242 g/mol. The van der Waals surface area contributed by atoms with Crippen molar-refractivity contribution >= 4 is 11.9 Å². The van der Waals surface area contributed by atoms with Crippen molar-refractivity contribution in [3.8, 4) is 0 Å². The SMILES string of the molecule is CCN(CC(=O)O)[C@H]1CCCC[C@@H]1NC(C)=O. The van der Waals surface area contributed by atoms with Crippen LogP contribution >= 0.6 is 0 Å². The van der Waals surface area contributed by atoms with Crippen molar-refractivity contribution in [2.45, 2.75) is 51.6 Å². The van der Waals surface area contributed by atoms with Crippen molar-refractivity contribution < 1.29 is 14.7 Å². The largest absolute Gasteiger partial charge is 0.480 e. The predicted octanol–water partition coefficient (Wildman–Crippen LogP) is 0.840. The van der Waals surface area contributed by atoms with Crippen LogP contribution < -0.4 is 5.32 Å². The highest BCUT2D eigenvalue weighted by Crippen LogP contribution is 2.23. The van der Waals surface area contributed by atoms with Gasteiger partial charge in [0, 0.05) is 19.0 Å². The Morgan fingerprint density at radius 3 is 2.53 bits per heavy atom. The highest BCUT2D eigenvalue weighted by atomic mass is 16.4. The number of carbonyl (C=O) groups is 2. The maximum atomic E-state index is 11.1. The van der Waals surface area contributed by atoms with Gasteiger partial charge in [-0.2, -0.15) is 0 Å². The molecule has 1 saturated carbocycles. The summed E-state index contributed by atoms with van der Waals surface area (Å²) in [5.74, 6) is -0.840. The predicted molar refractivity (Wildman–Crippen MR) is 64.7 cm³/mol. The molecule has 1 aliphatic rings. The van der Waals surface area contributed by atoms with Gasteiger partial charge in [0.2, 0.25) is 5.91 Å². The first kappa shape index (κ1) is 14.0. The van der Waals surface area contributed by atoms with E-state index in [-0.39, 0.29) is 24.5 Å². The lowest BCUT2D eigenvalue weighted by Crippen LogP contribution is -2.54. The van der Waals surface area contributed by atoms with E-state index in [4.69, 9.17) is 5.11 Å². The summed E-state index contributed by atoms with van der Waals surface area (Å²) in [6.07, 6.45) is 4.12. The maximum Gasteiger partial charge on any atom is 0.317 e. The van der Waals surface area contributed by atoms with E-state index in [1.165, 1.54) is 6.92 Å². The molecule has 0 bridgehead atoms. The lowest BCUT2D eigenvalue weighted by molar-refractivity contribution is -0.139. The molecule has 5 heteroatoms. The summed E-state index contributed by atoms with van der Waals surface area (Å²) >= 11 is 0. The fourth-order valence-electron chi connectivity index (χ4n) is 2.62. The molecule has 2 N–H and O–H groups in total. The van der Waals surface area contributed by atoms with Gasteiger partial charge >= 0.3 is 5.97 Å². The molecule has 1 aliphatic carbocycles. The summed E-state index contributed by atoms with van der Waals surface area (Å²) in [4.78, 5) is 23.9. The molecule has 0 aromatic heterocycles. The van der Waals surface area contributed by atoms with Crippen molar-refractivity contribution in [2.24, 2.45) is 0 Å². The third kappa shape index (κ3) is 4.34. The van der Waals surface area contributed by atoms with Gasteiger partial charge in [-0.25, -0.2) is 0 Å². The Bertz CT molecular complexity index is 263. The lowest BCUT2D eigenvalue weighted by Gasteiger charge is -2.39. The van der Waals surface area contributed by atoms with Crippen LogP contribution in [0.2, 0.25) is 0 Å². The van der Waals surface area contributed by atoms with Crippen LogP contribution in [0.3, 0.4) is 0 Å². The molecule has 1 rings (SSSR count). The smallest absolute Gasteiger partial charge is 0.317 e. The van der Waals surface area contributed by atoms with Gasteiger partial charge in [-0.1, -0.05) is 19.8 Å². The van der Waals surface area contributed by atoms with E-state index < -0.39 is 5.97 Å². The van der Waals surface area contributed by atoms with Crippen LogP contribution in [-0.2, 0) is 9.59 Å². The normalized spacial score (nSPS) is 24.6. The van der Waals surface area contributed by atoms with Crippen molar-refractivity contribution in [1.82, 2.24) is 10.2 Å². The van der Waals surface area contributed by atoms with Gasteiger partial charge in [0.15, 0.2) is 0 Å². The number of aliphatic carboxylic acids is 1. The van der Waals surface area contributed by atoms with Crippen LogP contribution in [0, 0.1) is 0 Å². The van der Waals surface area contributed by atoms with E-state index in [1.54, 1.807) is 0 Å². The Balaban J connectivity index is 2.67. The molecular weight excluding hydrogens is 220 g/mol. The second-order valence-electron chi connectivity index (χ2n) is 4.62. The summed E-state index contributed by atoms with van der Waals surface area (Å²) in [6, 6.07) is 0.259. The summed E-state index contributed by atoms with van der Waals surface area (Å²) in [5.41, 5.74) is 0. The summed E-state index contributed by atoms with van der Waals surface area (Å²) in [7, 11) is 0. The number of carboxylic acid groups (broad SMARTS) is 1. The average Bonchev–Trinajstić information content (AvgIpc) is 2.26. The van der Waals surface area contributed by atoms with Crippen molar-refractivity contribution in [2.75, 3.05) is 13.1 Å². The van der Waals surface area contributed by atoms with Crippen LogP contribution in [-0.4, -0.2) is 47.1 Å². The Hall–Kier alpha value is -1.10.